The summed E-state index contributed by atoms with van der Waals surface area (Å²) in [6, 6.07) is 4.38. The maximum absolute atomic E-state index is 12.3. The topological polar surface area (TPSA) is 54.5 Å². The highest BCUT2D eigenvalue weighted by atomic mass is 16.5. The van der Waals surface area contributed by atoms with Crippen molar-refractivity contribution in [2.45, 2.75) is 64.1 Å². The van der Waals surface area contributed by atoms with Crippen molar-refractivity contribution in [1.82, 2.24) is 15.2 Å². The molecule has 1 saturated carbocycles. The van der Waals surface area contributed by atoms with Gasteiger partial charge in [-0.25, -0.2) is 4.98 Å². The van der Waals surface area contributed by atoms with Gasteiger partial charge in [0.15, 0.2) is 0 Å². The van der Waals surface area contributed by atoms with Crippen LogP contribution in [0.25, 0.3) is 0 Å². The van der Waals surface area contributed by atoms with Crippen LogP contribution in [0.4, 0.5) is 0 Å². The molecule has 1 N–H and O–H groups in total. The second kappa shape index (κ2) is 7.97. The number of hydrogen-bond acceptors (Lipinski definition) is 4. The Morgan fingerprint density at radius 3 is 2.79 bits per heavy atom. The molecule has 1 aliphatic carbocycles. The number of likely N-dealkylation sites (tertiary alicyclic amines) is 1. The molecule has 2 aliphatic rings. The molecule has 0 unspecified atom stereocenters. The van der Waals surface area contributed by atoms with E-state index in [1.807, 2.05) is 18.3 Å². The minimum absolute atomic E-state index is 0.133. The maximum atomic E-state index is 12.3. The molecule has 5 heteroatoms. The number of carbonyl (C=O) groups excluding carboxylic acids is 1. The Hall–Kier alpha value is -1.62. The Bertz CT molecular complexity index is 540. The summed E-state index contributed by atoms with van der Waals surface area (Å²) in [5, 5.41) is 3.06. The number of nitrogens with zero attached hydrogens (tertiary/aromatic N) is 2. The van der Waals surface area contributed by atoms with Crippen molar-refractivity contribution in [3.05, 3.63) is 23.9 Å². The number of nitrogens with one attached hydrogen (secondary N) is 1. The zero-order valence-electron chi connectivity index (χ0n) is 14.8. The summed E-state index contributed by atoms with van der Waals surface area (Å²) < 4.78 is 5.87. The third-order valence-corrected chi connectivity index (χ3v) is 5.43. The SMILES string of the molecule is C[C@H]1C[C@@H](C(=O)NCc2ccc(OC3CCCC3)nc2)CCN1C. The summed E-state index contributed by atoms with van der Waals surface area (Å²) in [6.45, 7) is 3.72. The highest BCUT2D eigenvalue weighted by Crippen LogP contribution is 2.23. The smallest absolute Gasteiger partial charge is 0.223 e. The molecular formula is C19H29N3O2. The van der Waals surface area contributed by atoms with E-state index in [1.54, 1.807) is 0 Å². The molecule has 5 nitrogen and oxygen atoms in total. The van der Waals surface area contributed by atoms with Gasteiger partial charge in [-0.1, -0.05) is 6.07 Å². The van der Waals surface area contributed by atoms with E-state index in [0.717, 1.165) is 37.8 Å². The number of piperidine rings is 1. The van der Waals surface area contributed by atoms with E-state index < -0.39 is 0 Å². The van der Waals surface area contributed by atoms with E-state index in [4.69, 9.17) is 4.74 Å². The number of carbonyl (C=O) groups is 1. The molecule has 0 radical (unpaired) electrons. The Balaban J connectivity index is 1.45. The minimum Gasteiger partial charge on any atom is -0.474 e. The number of hydrogen-bond donors (Lipinski definition) is 1. The Morgan fingerprint density at radius 1 is 1.33 bits per heavy atom. The lowest BCUT2D eigenvalue weighted by molar-refractivity contribution is -0.127. The lowest BCUT2D eigenvalue weighted by Crippen LogP contribution is -2.43. The molecule has 1 aromatic heterocycles. The summed E-state index contributed by atoms with van der Waals surface area (Å²) in [7, 11) is 2.12. The lowest BCUT2D eigenvalue weighted by Gasteiger charge is -2.34. The van der Waals surface area contributed by atoms with Crippen molar-refractivity contribution >= 4 is 5.91 Å². The Morgan fingerprint density at radius 2 is 2.12 bits per heavy atom. The first-order valence-electron chi connectivity index (χ1n) is 9.21. The lowest BCUT2D eigenvalue weighted by atomic mass is 9.91. The number of pyridine rings is 1. The summed E-state index contributed by atoms with van der Waals surface area (Å²) >= 11 is 0. The van der Waals surface area contributed by atoms with Gasteiger partial charge in [0.2, 0.25) is 11.8 Å². The zero-order valence-corrected chi connectivity index (χ0v) is 14.8. The molecular weight excluding hydrogens is 302 g/mol. The highest BCUT2D eigenvalue weighted by Gasteiger charge is 2.27. The van der Waals surface area contributed by atoms with Gasteiger partial charge in [-0.05, 0) is 64.6 Å². The third-order valence-electron chi connectivity index (χ3n) is 5.43. The van der Waals surface area contributed by atoms with E-state index >= 15 is 0 Å². The second-order valence-corrected chi connectivity index (χ2v) is 7.30. The monoisotopic (exact) mass is 331 g/mol. The second-order valence-electron chi connectivity index (χ2n) is 7.30. The Kier molecular flexibility index (Phi) is 5.72. The average molecular weight is 331 g/mol. The van der Waals surface area contributed by atoms with Crippen LogP contribution in [0.3, 0.4) is 0 Å². The standard InChI is InChI=1S/C19H29N3O2/c1-14-11-16(9-10-22(14)2)19(23)21-13-15-7-8-18(20-12-15)24-17-5-3-4-6-17/h7-8,12,14,16-17H,3-6,9-11,13H2,1-2H3,(H,21,23)/t14-,16-/m0/s1. The highest BCUT2D eigenvalue weighted by molar-refractivity contribution is 5.78. The fourth-order valence-electron chi connectivity index (χ4n) is 3.62. The zero-order chi connectivity index (χ0) is 16.9. The van der Waals surface area contributed by atoms with Crippen molar-refractivity contribution < 1.29 is 9.53 Å². The predicted octanol–water partition coefficient (Wildman–Crippen LogP) is 2.75. The van der Waals surface area contributed by atoms with Crippen LogP contribution in [-0.4, -0.2) is 41.5 Å². The van der Waals surface area contributed by atoms with Gasteiger partial charge in [0.25, 0.3) is 0 Å². The fourth-order valence-corrected chi connectivity index (χ4v) is 3.62. The van der Waals surface area contributed by atoms with Crippen LogP contribution in [0.1, 0.15) is 51.0 Å². The molecule has 0 spiro atoms. The first kappa shape index (κ1) is 17.2. The predicted molar refractivity (Wildman–Crippen MR) is 93.8 cm³/mol. The quantitative estimate of drug-likeness (QED) is 0.901. The van der Waals surface area contributed by atoms with E-state index in [1.165, 1.54) is 12.8 Å². The normalized spacial score (nSPS) is 25.6. The van der Waals surface area contributed by atoms with Crippen LogP contribution in [0, 0.1) is 5.92 Å². The van der Waals surface area contributed by atoms with Gasteiger partial charge in [-0.2, -0.15) is 0 Å². The maximum Gasteiger partial charge on any atom is 0.223 e. The van der Waals surface area contributed by atoms with Crippen LogP contribution in [0.2, 0.25) is 0 Å². The molecule has 1 saturated heterocycles. The number of rotatable bonds is 5. The molecule has 2 heterocycles. The first-order valence-corrected chi connectivity index (χ1v) is 9.21. The van der Waals surface area contributed by atoms with E-state index in [2.05, 4.69) is 29.2 Å². The largest absolute Gasteiger partial charge is 0.474 e. The van der Waals surface area contributed by atoms with Crippen molar-refractivity contribution in [2.24, 2.45) is 5.92 Å². The van der Waals surface area contributed by atoms with Gasteiger partial charge in [0.1, 0.15) is 6.10 Å². The van der Waals surface area contributed by atoms with Crippen molar-refractivity contribution in [3.8, 4) is 5.88 Å². The minimum atomic E-state index is 0.133. The van der Waals surface area contributed by atoms with Crippen LogP contribution in [0.15, 0.2) is 18.3 Å². The van der Waals surface area contributed by atoms with Crippen LogP contribution in [0.5, 0.6) is 5.88 Å². The summed E-state index contributed by atoms with van der Waals surface area (Å²) in [4.78, 5) is 19.0. The van der Waals surface area contributed by atoms with Crippen molar-refractivity contribution in [2.75, 3.05) is 13.6 Å². The van der Waals surface area contributed by atoms with Gasteiger partial charge in [-0.3, -0.25) is 4.79 Å². The molecule has 132 valence electrons. The molecule has 1 aliphatic heterocycles. The summed E-state index contributed by atoms with van der Waals surface area (Å²) in [5.74, 6) is 0.997. The summed E-state index contributed by atoms with van der Waals surface area (Å²) in [5.41, 5.74) is 1.02. The fraction of sp³-hybridized carbons (Fsp3) is 0.684. The van der Waals surface area contributed by atoms with Gasteiger partial charge in [0.05, 0.1) is 0 Å². The Labute approximate surface area is 144 Å². The van der Waals surface area contributed by atoms with Crippen molar-refractivity contribution in [3.63, 3.8) is 0 Å². The van der Waals surface area contributed by atoms with E-state index in [9.17, 15) is 4.79 Å². The van der Waals surface area contributed by atoms with Crippen LogP contribution in [-0.2, 0) is 11.3 Å². The first-order chi connectivity index (χ1) is 11.6. The van der Waals surface area contributed by atoms with Gasteiger partial charge < -0.3 is 15.0 Å². The molecule has 1 aromatic rings. The number of ether oxygens (including phenoxy) is 1. The van der Waals surface area contributed by atoms with Gasteiger partial charge >= 0.3 is 0 Å². The molecule has 3 rings (SSSR count). The molecule has 24 heavy (non-hydrogen) atoms. The molecule has 1 amide bonds. The van der Waals surface area contributed by atoms with Gasteiger partial charge in [-0.15, -0.1) is 0 Å². The van der Waals surface area contributed by atoms with Crippen molar-refractivity contribution in [1.29, 1.82) is 0 Å². The average Bonchev–Trinajstić information content (AvgIpc) is 3.09. The number of aromatic nitrogens is 1. The van der Waals surface area contributed by atoms with Crippen LogP contribution < -0.4 is 10.1 Å². The van der Waals surface area contributed by atoms with Gasteiger partial charge in [0, 0.05) is 30.8 Å². The van der Waals surface area contributed by atoms with E-state index in [-0.39, 0.29) is 11.8 Å². The summed E-state index contributed by atoms with van der Waals surface area (Å²) in [6.07, 6.45) is 8.79. The molecule has 2 atom stereocenters. The van der Waals surface area contributed by atoms with E-state index in [0.29, 0.717) is 24.6 Å². The molecule has 2 fully saturated rings. The third kappa shape index (κ3) is 4.47. The molecule has 0 aromatic carbocycles. The molecule has 0 bridgehead atoms. The number of amides is 1. The van der Waals surface area contributed by atoms with Crippen LogP contribution >= 0.6 is 0 Å².